The van der Waals surface area contributed by atoms with E-state index in [-0.39, 0.29) is 0 Å². The van der Waals surface area contributed by atoms with Gasteiger partial charge in [0.25, 0.3) is 0 Å². The van der Waals surface area contributed by atoms with E-state index in [1.54, 1.807) is 11.1 Å². The van der Waals surface area contributed by atoms with E-state index in [0.717, 1.165) is 11.8 Å². The Morgan fingerprint density at radius 2 is 2.13 bits per heavy atom. The first-order valence-electron chi connectivity index (χ1n) is 6.22. The minimum Gasteiger partial charge on any atom is -0.489 e. The molecule has 2 aliphatic carbocycles. The predicted molar refractivity (Wildman–Crippen MR) is 59.3 cm³/mol. The number of ether oxygens (including phenoxy) is 1. The summed E-state index contributed by atoms with van der Waals surface area (Å²) in [7, 11) is 0. The Morgan fingerprint density at radius 1 is 1.13 bits per heavy atom. The van der Waals surface area contributed by atoms with Gasteiger partial charge in [-0.1, -0.05) is 12.1 Å². The number of hydrogen-bond acceptors (Lipinski definition) is 1. The van der Waals surface area contributed by atoms with Gasteiger partial charge in [-0.15, -0.1) is 0 Å². The van der Waals surface area contributed by atoms with E-state index in [9.17, 15) is 0 Å². The van der Waals surface area contributed by atoms with Crippen molar-refractivity contribution in [1.29, 1.82) is 0 Å². The van der Waals surface area contributed by atoms with Crippen molar-refractivity contribution >= 4 is 0 Å². The lowest BCUT2D eigenvalue weighted by atomic mass is 9.68. The number of aryl methyl sites for hydroxylation is 1. The van der Waals surface area contributed by atoms with E-state index >= 15 is 0 Å². The van der Waals surface area contributed by atoms with Crippen molar-refractivity contribution in [3.05, 3.63) is 29.3 Å². The summed E-state index contributed by atoms with van der Waals surface area (Å²) in [5.74, 6) is 2.87. The van der Waals surface area contributed by atoms with Crippen LogP contribution in [-0.4, -0.2) is 6.10 Å². The van der Waals surface area contributed by atoms with Crippen LogP contribution in [0.2, 0.25) is 0 Å². The second-order valence-electron chi connectivity index (χ2n) is 5.24. The molecule has 15 heavy (non-hydrogen) atoms. The third kappa shape index (κ3) is 0.987. The Kier molecular flexibility index (Phi) is 1.52. The quantitative estimate of drug-likeness (QED) is 0.624. The first-order valence-corrected chi connectivity index (χ1v) is 6.22. The van der Waals surface area contributed by atoms with E-state index in [0.29, 0.717) is 6.10 Å². The highest BCUT2D eigenvalue weighted by Crippen LogP contribution is 2.53. The van der Waals surface area contributed by atoms with Crippen LogP contribution in [0.3, 0.4) is 0 Å². The maximum atomic E-state index is 6.10. The normalized spacial score (nSPS) is 35.9. The Labute approximate surface area is 90.4 Å². The van der Waals surface area contributed by atoms with Crippen molar-refractivity contribution in [2.75, 3.05) is 0 Å². The summed E-state index contributed by atoms with van der Waals surface area (Å²) in [6, 6.07) is 6.63. The average molecular weight is 200 g/mol. The van der Waals surface area contributed by atoms with E-state index < -0.39 is 0 Å². The molecule has 3 unspecified atom stereocenters. The van der Waals surface area contributed by atoms with E-state index in [2.05, 4.69) is 18.2 Å². The molecule has 1 heterocycles. The maximum absolute atomic E-state index is 6.10. The summed E-state index contributed by atoms with van der Waals surface area (Å²) in [5, 5.41) is 0. The number of rotatable bonds is 0. The molecule has 0 N–H and O–H groups in total. The average Bonchev–Trinajstić information content (AvgIpc) is 2.66. The highest BCUT2D eigenvalue weighted by atomic mass is 16.5. The summed E-state index contributed by atoms with van der Waals surface area (Å²) in [6.07, 6.45) is 7.25. The molecule has 1 aliphatic heterocycles. The van der Waals surface area contributed by atoms with Crippen LogP contribution < -0.4 is 4.74 Å². The molecule has 0 amide bonds. The van der Waals surface area contributed by atoms with Gasteiger partial charge in [-0.2, -0.15) is 0 Å². The number of hydrogen-bond donors (Lipinski definition) is 0. The van der Waals surface area contributed by atoms with Crippen molar-refractivity contribution in [2.45, 2.75) is 44.1 Å². The highest BCUT2D eigenvalue weighted by Gasteiger charge is 2.44. The van der Waals surface area contributed by atoms with Gasteiger partial charge in [0.2, 0.25) is 0 Å². The van der Waals surface area contributed by atoms with E-state index in [1.807, 2.05) is 0 Å². The van der Waals surface area contributed by atoms with Crippen molar-refractivity contribution < 1.29 is 4.74 Å². The molecule has 4 rings (SSSR count). The van der Waals surface area contributed by atoms with Gasteiger partial charge in [0.1, 0.15) is 11.9 Å². The summed E-state index contributed by atoms with van der Waals surface area (Å²) >= 11 is 0. The molecule has 78 valence electrons. The molecule has 3 atom stereocenters. The van der Waals surface area contributed by atoms with Crippen LogP contribution in [-0.2, 0) is 6.42 Å². The van der Waals surface area contributed by atoms with Crippen LogP contribution >= 0.6 is 0 Å². The van der Waals surface area contributed by atoms with Gasteiger partial charge < -0.3 is 4.74 Å². The molecule has 0 aromatic heterocycles. The summed E-state index contributed by atoms with van der Waals surface area (Å²) in [6.45, 7) is 0. The molecular formula is C14H16O. The Morgan fingerprint density at radius 3 is 3.13 bits per heavy atom. The first kappa shape index (κ1) is 8.20. The fourth-order valence-electron chi connectivity index (χ4n) is 3.91. The molecule has 1 aromatic carbocycles. The Bertz CT molecular complexity index is 410. The number of benzene rings is 1. The Hall–Kier alpha value is -0.980. The zero-order valence-electron chi connectivity index (χ0n) is 8.91. The molecule has 1 aromatic rings. The van der Waals surface area contributed by atoms with Gasteiger partial charge in [-0.05, 0) is 49.7 Å². The van der Waals surface area contributed by atoms with Crippen LogP contribution in [0.1, 0.15) is 42.7 Å². The van der Waals surface area contributed by atoms with Crippen LogP contribution in [0.25, 0.3) is 0 Å². The molecule has 1 saturated carbocycles. The summed E-state index contributed by atoms with van der Waals surface area (Å²) < 4.78 is 6.10. The zero-order valence-corrected chi connectivity index (χ0v) is 8.91. The molecule has 3 aliphatic rings. The summed E-state index contributed by atoms with van der Waals surface area (Å²) in [5.41, 5.74) is 3.15. The molecule has 0 bridgehead atoms. The smallest absolute Gasteiger partial charge is 0.123 e. The molecule has 0 radical (unpaired) electrons. The van der Waals surface area contributed by atoms with Crippen molar-refractivity contribution in [3.63, 3.8) is 0 Å². The molecule has 1 fully saturated rings. The lowest BCUT2D eigenvalue weighted by Gasteiger charge is -2.36. The molecule has 1 nitrogen and oxygen atoms in total. The van der Waals surface area contributed by atoms with Crippen LogP contribution in [0.4, 0.5) is 0 Å². The van der Waals surface area contributed by atoms with Crippen molar-refractivity contribution in [2.24, 2.45) is 5.92 Å². The monoisotopic (exact) mass is 200 g/mol. The van der Waals surface area contributed by atoms with Gasteiger partial charge in [0.15, 0.2) is 0 Å². The zero-order chi connectivity index (χ0) is 9.83. The highest BCUT2D eigenvalue weighted by molar-refractivity contribution is 5.49. The molecule has 0 saturated heterocycles. The van der Waals surface area contributed by atoms with E-state index in [4.69, 9.17) is 4.74 Å². The van der Waals surface area contributed by atoms with Crippen molar-refractivity contribution in [3.8, 4) is 5.75 Å². The van der Waals surface area contributed by atoms with Gasteiger partial charge in [-0.25, -0.2) is 0 Å². The Balaban J connectivity index is 1.92. The maximum Gasteiger partial charge on any atom is 0.123 e. The standard InChI is InChI=1S/C14H16O/c1-3-9-7-8-10-4-2-6-12-14(10)13(9)11(5-1)15-12/h1,3,5,10,12,14H,2,4,6-8H2. The van der Waals surface area contributed by atoms with Crippen LogP contribution in [0.5, 0.6) is 5.75 Å². The largest absolute Gasteiger partial charge is 0.489 e. The SMILES string of the molecule is c1cc2c3c(c1)OC1CCCC(CC2)C31. The first-order chi connectivity index (χ1) is 7.43. The van der Waals surface area contributed by atoms with Gasteiger partial charge in [0.05, 0.1) is 0 Å². The van der Waals surface area contributed by atoms with Gasteiger partial charge >= 0.3 is 0 Å². The van der Waals surface area contributed by atoms with Gasteiger partial charge in [-0.3, -0.25) is 0 Å². The lowest BCUT2D eigenvalue weighted by Crippen LogP contribution is -2.32. The summed E-state index contributed by atoms with van der Waals surface area (Å²) in [4.78, 5) is 0. The van der Waals surface area contributed by atoms with Crippen LogP contribution in [0.15, 0.2) is 18.2 Å². The topological polar surface area (TPSA) is 9.23 Å². The molecule has 1 heteroatoms. The second kappa shape index (κ2) is 2.78. The third-order valence-corrected chi connectivity index (χ3v) is 4.52. The fraction of sp³-hybridized carbons (Fsp3) is 0.571. The fourth-order valence-corrected chi connectivity index (χ4v) is 3.91. The lowest BCUT2D eigenvalue weighted by molar-refractivity contribution is 0.120. The van der Waals surface area contributed by atoms with Crippen molar-refractivity contribution in [1.82, 2.24) is 0 Å². The van der Waals surface area contributed by atoms with E-state index in [1.165, 1.54) is 37.9 Å². The second-order valence-corrected chi connectivity index (χ2v) is 5.24. The molecule has 0 spiro atoms. The third-order valence-electron chi connectivity index (χ3n) is 4.52. The molecular weight excluding hydrogens is 184 g/mol. The van der Waals surface area contributed by atoms with Gasteiger partial charge in [0, 0.05) is 11.5 Å². The minimum absolute atomic E-state index is 0.514. The van der Waals surface area contributed by atoms with Crippen LogP contribution in [0, 0.1) is 5.92 Å². The minimum atomic E-state index is 0.514. The predicted octanol–water partition coefficient (Wildman–Crippen LogP) is 3.28.